The number of hydrogen-bond acceptors (Lipinski definition) is 3. The summed E-state index contributed by atoms with van der Waals surface area (Å²) in [4.78, 5) is 8.02. The van der Waals surface area contributed by atoms with Crippen LogP contribution in [0.5, 0.6) is 0 Å². The number of rotatable bonds is 3. The van der Waals surface area contributed by atoms with Crippen LogP contribution < -0.4 is 0 Å². The van der Waals surface area contributed by atoms with E-state index >= 15 is 0 Å². The zero-order valence-corrected chi connectivity index (χ0v) is 9.01. The molecule has 88 valence electrons. The number of oxime groups is 1. The van der Waals surface area contributed by atoms with Gasteiger partial charge in [-0.05, 0) is 6.07 Å². The van der Waals surface area contributed by atoms with Crippen LogP contribution in [-0.4, -0.2) is 18.3 Å². The highest BCUT2D eigenvalue weighted by atomic mass is 35.5. The molecule has 0 bridgehead atoms. The van der Waals surface area contributed by atoms with Crippen LogP contribution in [-0.2, 0) is 17.4 Å². The average Bonchev–Trinajstić information content (AvgIpc) is 2.19. The molecule has 0 N–H and O–H groups in total. The molecule has 0 spiro atoms. The first kappa shape index (κ1) is 12.8. The lowest BCUT2D eigenvalue weighted by Crippen LogP contribution is -2.06. The number of hydrogen-bond donors (Lipinski definition) is 0. The van der Waals surface area contributed by atoms with Gasteiger partial charge in [0.05, 0.1) is 16.3 Å². The molecule has 0 unspecified atom stereocenters. The molecule has 0 radical (unpaired) electrons. The second kappa shape index (κ2) is 5.16. The predicted molar refractivity (Wildman–Crippen MR) is 53.5 cm³/mol. The zero-order chi connectivity index (χ0) is 12.2. The van der Waals surface area contributed by atoms with Crippen molar-refractivity contribution in [3.8, 4) is 0 Å². The summed E-state index contributed by atoms with van der Waals surface area (Å²) >= 11 is 5.65. The van der Waals surface area contributed by atoms with Crippen molar-refractivity contribution in [3.63, 3.8) is 0 Å². The first-order valence-corrected chi connectivity index (χ1v) is 4.59. The van der Waals surface area contributed by atoms with Gasteiger partial charge in [-0.2, -0.15) is 13.2 Å². The van der Waals surface area contributed by atoms with E-state index in [4.69, 9.17) is 11.6 Å². The minimum Gasteiger partial charge on any atom is -0.399 e. The second-order valence-corrected chi connectivity index (χ2v) is 3.23. The van der Waals surface area contributed by atoms with Gasteiger partial charge in [0.2, 0.25) is 0 Å². The van der Waals surface area contributed by atoms with E-state index in [1.54, 1.807) is 0 Å². The van der Waals surface area contributed by atoms with Crippen molar-refractivity contribution in [1.29, 1.82) is 0 Å². The van der Waals surface area contributed by atoms with Crippen LogP contribution in [0.3, 0.4) is 0 Å². The smallest absolute Gasteiger partial charge is 0.399 e. The summed E-state index contributed by atoms with van der Waals surface area (Å²) in [5.41, 5.74) is -0.555. The Balaban J connectivity index is 2.88. The molecule has 0 fully saturated rings. The predicted octanol–water partition coefficient (Wildman–Crippen LogP) is 2.93. The first-order valence-electron chi connectivity index (χ1n) is 4.21. The van der Waals surface area contributed by atoms with Gasteiger partial charge in [0.1, 0.15) is 7.11 Å². The molecular weight excluding hydrogens is 245 g/mol. The van der Waals surface area contributed by atoms with E-state index in [0.717, 1.165) is 12.3 Å². The van der Waals surface area contributed by atoms with Gasteiger partial charge in [-0.15, -0.1) is 0 Å². The Morgan fingerprint density at radius 3 is 2.75 bits per heavy atom. The molecule has 0 saturated carbocycles. The third kappa shape index (κ3) is 3.37. The fraction of sp³-hybridized carbons (Fsp3) is 0.333. The van der Waals surface area contributed by atoms with Gasteiger partial charge in [-0.3, -0.25) is 4.98 Å². The monoisotopic (exact) mass is 252 g/mol. The van der Waals surface area contributed by atoms with Crippen molar-refractivity contribution in [1.82, 2.24) is 4.98 Å². The number of alkyl halides is 3. The molecule has 1 rings (SSSR count). The van der Waals surface area contributed by atoms with Crippen molar-refractivity contribution in [2.75, 3.05) is 7.11 Å². The minimum absolute atomic E-state index is 0.0441. The molecule has 0 aliphatic rings. The normalized spacial score (nSPS) is 12.1. The van der Waals surface area contributed by atoms with Crippen molar-refractivity contribution < 1.29 is 18.0 Å². The van der Waals surface area contributed by atoms with Crippen LogP contribution in [0, 0.1) is 0 Å². The molecule has 0 aliphatic carbocycles. The Kier molecular flexibility index (Phi) is 4.12. The summed E-state index contributed by atoms with van der Waals surface area (Å²) < 4.78 is 36.8. The molecule has 1 heterocycles. The second-order valence-electron chi connectivity index (χ2n) is 2.82. The molecule has 0 aromatic carbocycles. The maximum Gasteiger partial charge on any atom is 0.417 e. The van der Waals surface area contributed by atoms with Crippen LogP contribution in [0.2, 0.25) is 5.02 Å². The largest absolute Gasteiger partial charge is 0.417 e. The SMILES string of the molecule is CO/N=C\Cc1ncc(C(F)(F)F)cc1Cl. The van der Waals surface area contributed by atoms with E-state index in [9.17, 15) is 13.2 Å². The average molecular weight is 253 g/mol. The zero-order valence-electron chi connectivity index (χ0n) is 8.25. The van der Waals surface area contributed by atoms with E-state index in [0.29, 0.717) is 5.69 Å². The van der Waals surface area contributed by atoms with Gasteiger partial charge < -0.3 is 4.84 Å². The minimum atomic E-state index is -4.43. The molecule has 0 saturated heterocycles. The summed E-state index contributed by atoms with van der Waals surface area (Å²) in [6.45, 7) is 0. The van der Waals surface area contributed by atoms with Gasteiger partial charge in [-0.25, -0.2) is 0 Å². The van der Waals surface area contributed by atoms with Crippen LogP contribution in [0.15, 0.2) is 17.4 Å². The van der Waals surface area contributed by atoms with Crippen molar-refractivity contribution in [2.24, 2.45) is 5.16 Å². The van der Waals surface area contributed by atoms with Crippen LogP contribution >= 0.6 is 11.6 Å². The van der Waals surface area contributed by atoms with Gasteiger partial charge >= 0.3 is 6.18 Å². The van der Waals surface area contributed by atoms with E-state index in [1.165, 1.54) is 13.3 Å². The standard InChI is InChI=1S/C9H8ClF3N2O/c1-16-15-3-2-8-7(10)4-6(5-14-8)9(11,12)13/h3-5H,2H2,1H3/b15-3-. The summed E-state index contributed by atoms with van der Waals surface area (Å²) in [5, 5.41) is 3.39. The van der Waals surface area contributed by atoms with Crippen molar-refractivity contribution in [2.45, 2.75) is 12.6 Å². The summed E-state index contributed by atoms with van der Waals surface area (Å²) in [5.74, 6) is 0. The lowest BCUT2D eigenvalue weighted by Gasteiger charge is -2.07. The van der Waals surface area contributed by atoms with Crippen molar-refractivity contribution in [3.05, 3.63) is 28.5 Å². The number of pyridine rings is 1. The first-order chi connectivity index (χ1) is 7.45. The van der Waals surface area contributed by atoms with Crippen LogP contribution in [0.25, 0.3) is 0 Å². The highest BCUT2D eigenvalue weighted by Gasteiger charge is 2.31. The molecule has 7 heteroatoms. The molecule has 0 amide bonds. The lowest BCUT2D eigenvalue weighted by molar-refractivity contribution is -0.137. The van der Waals surface area contributed by atoms with Gasteiger partial charge in [0.25, 0.3) is 0 Å². The van der Waals surface area contributed by atoms with E-state index in [-0.39, 0.29) is 11.4 Å². The number of halogens is 4. The summed E-state index contributed by atoms with van der Waals surface area (Å²) in [6, 6.07) is 0.838. The van der Waals surface area contributed by atoms with Gasteiger partial charge in [0.15, 0.2) is 0 Å². The molecular formula is C9H8ClF3N2O. The van der Waals surface area contributed by atoms with Gasteiger partial charge in [0, 0.05) is 18.8 Å². The third-order valence-electron chi connectivity index (χ3n) is 1.71. The van der Waals surface area contributed by atoms with Gasteiger partial charge in [-0.1, -0.05) is 16.8 Å². The summed E-state index contributed by atoms with van der Waals surface area (Å²) in [6.07, 6.45) is -2.12. The lowest BCUT2D eigenvalue weighted by atomic mass is 10.2. The molecule has 3 nitrogen and oxygen atoms in total. The molecule has 16 heavy (non-hydrogen) atoms. The Labute approximate surface area is 94.9 Å². The third-order valence-corrected chi connectivity index (χ3v) is 2.04. The molecule has 1 aromatic rings. The maximum absolute atomic E-state index is 12.3. The fourth-order valence-electron chi connectivity index (χ4n) is 0.970. The molecule has 1 aromatic heterocycles. The maximum atomic E-state index is 12.3. The Morgan fingerprint density at radius 1 is 1.56 bits per heavy atom. The van der Waals surface area contributed by atoms with E-state index < -0.39 is 11.7 Å². The highest BCUT2D eigenvalue weighted by Crippen LogP contribution is 2.30. The van der Waals surface area contributed by atoms with Crippen molar-refractivity contribution >= 4 is 17.8 Å². The molecule has 0 aliphatic heterocycles. The van der Waals surface area contributed by atoms with E-state index in [1.807, 2.05) is 0 Å². The topological polar surface area (TPSA) is 34.5 Å². The van der Waals surface area contributed by atoms with Crippen LogP contribution in [0.1, 0.15) is 11.3 Å². The van der Waals surface area contributed by atoms with E-state index in [2.05, 4.69) is 15.0 Å². The Bertz CT molecular complexity index is 393. The Morgan fingerprint density at radius 2 is 2.25 bits per heavy atom. The number of nitrogens with zero attached hydrogens (tertiary/aromatic N) is 2. The quantitative estimate of drug-likeness (QED) is 0.612. The molecule has 0 atom stereocenters. The number of aromatic nitrogens is 1. The van der Waals surface area contributed by atoms with Crippen LogP contribution in [0.4, 0.5) is 13.2 Å². The highest BCUT2D eigenvalue weighted by molar-refractivity contribution is 6.31. The summed E-state index contributed by atoms with van der Waals surface area (Å²) in [7, 11) is 1.36. The fourth-order valence-corrected chi connectivity index (χ4v) is 1.21. The Hall–Kier alpha value is -1.30.